The highest BCUT2D eigenvalue weighted by molar-refractivity contribution is 7.87. The molecule has 0 aliphatic carbocycles. The lowest BCUT2D eigenvalue weighted by Gasteiger charge is -2.13. The minimum atomic E-state index is -4.64. The van der Waals surface area contributed by atoms with Crippen LogP contribution in [0.2, 0.25) is 0 Å². The molecule has 0 saturated heterocycles. The standard InChI is InChI=1S/C24H48O8S2/c1-2-3-4-5-6-7-8-9-10-11-12-13-14-15-16-17-18-19-20-23(34(29,30)31)24(25)32-21-22-33(26,27)28/h23H,2-22H2,1H3,(H,26,27,28)(H,29,30,31). The van der Waals surface area contributed by atoms with Crippen LogP contribution in [0, 0.1) is 0 Å². The maximum Gasteiger partial charge on any atom is 0.326 e. The lowest BCUT2D eigenvalue weighted by atomic mass is 10.0. The van der Waals surface area contributed by atoms with E-state index < -0.39 is 43.8 Å². The van der Waals surface area contributed by atoms with E-state index in [1.807, 2.05) is 0 Å². The molecule has 0 radical (unpaired) electrons. The predicted molar refractivity (Wildman–Crippen MR) is 136 cm³/mol. The molecule has 0 bridgehead atoms. The molecule has 0 amide bonds. The zero-order valence-electron chi connectivity index (χ0n) is 21.1. The van der Waals surface area contributed by atoms with E-state index in [0.29, 0.717) is 6.42 Å². The summed E-state index contributed by atoms with van der Waals surface area (Å²) in [5, 5.41) is -1.73. The molecule has 204 valence electrons. The van der Waals surface area contributed by atoms with Crippen molar-refractivity contribution in [3.63, 3.8) is 0 Å². The van der Waals surface area contributed by atoms with Gasteiger partial charge < -0.3 is 4.74 Å². The Balaban J connectivity index is 3.65. The van der Waals surface area contributed by atoms with E-state index in [1.54, 1.807) is 0 Å². The van der Waals surface area contributed by atoms with Crippen molar-refractivity contribution in [2.75, 3.05) is 12.4 Å². The van der Waals surface area contributed by atoms with E-state index >= 15 is 0 Å². The van der Waals surface area contributed by atoms with Gasteiger partial charge in [-0.3, -0.25) is 13.9 Å². The molecule has 10 heteroatoms. The summed E-state index contributed by atoms with van der Waals surface area (Å²) in [6.07, 6.45) is 21.5. The number of carbonyl (C=O) groups is 1. The van der Waals surface area contributed by atoms with Crippen LogP contribution in [0.1, 0.15) is 129 Å². The maximum absolute atomic E-state index is 11.9. The first-order valence-corrected chi connectivity index (χ1v) is 16.3. The lowest BCUT2D eigenvalue weighted by Crippen LogP contribution is -2.32. The molecule has 0 saturated carbocycles. The van der Waals surface area contributed by atoms with Gasteiger partial charge in [0, 0.05) is 0 Å². The third kappa shape index (κ3) is 21.8. The van der Waals surface area contributed by atoms with E-state index in [0.717, 1.165) is 25.7 Å². The number of hydrogen-bond donors (Lipinski definition) is 2. The van der Waals surface area contributed by atoms with Crippen LogP contribution in [0.25, 0.3) is 0 Å². The Morgan fingerprint density at radius 2 is 1.00 bits per heavy atom. The third-order valence-electron chi connectivity index (χ3n) is 6.03. The smallest absolute Gasteiger partial charge is 0.326 e. The summed E-state index contributed by atoms with van der Waals surface area (Å²) in [4.78, 5) is 11.9. The Labute approximate surface area is 208 Å². The Hall–Kier alpha value is -0.710. The van der Waals surface area contributed by atoms with Crippen molar-refractivity contribution >= 4 is 26.2 Å². The summed E-state index contributed by atoms with van der Waals surface area (Å²) in [5.74, 6) is -2.02. The fourth-order valence-electron chi connectivity index (χ4n) is 3.96. The largest absolute Gasteiger partial charge is 0.463 e. The Kier molecular flexibility index (Phi) is 20.1. The number of carbonyl (C=O) groups excluding carboxylic acids is 1. The molecule has 0 fully saturated rings. The predicted octanol–water partition coefficient (Wildman–Crippen LogP) is 6.11. The number of unbranched alkanes of at least 4 members (excludes halogenated alkanes) is 17. The van der Waals surface area contributed by atoms with Crippen LogP contribution in [-0.2, 0) is 29.8 Å². The molecule has 0 aromatic heterocycles. The first kappa shape index (κ1) is 33.3. The Morgan fingerprint density at radius 1 is 0.647 bits per heavy atom. The fourth-order valence-corrected chi connectivity index (χ4v) is 5.03. The molecule has 34 heavy (non-hydrogen) atoms. The van der Waals surface area contributed by atoms with Gasteiger partial charge in [0.1, 0.15) is 12.4 Å². The van der Waals surface area contributed by atoms with Crippen LogP contribution in [0.15, 0.2) is 0 Å². The molecule has 0 aromatic carbocycles. The summed E-state index contributed by atoms with van der Waals surface area (Å²) in [6.45, 7) is 1.58. The summed E-state index contributed by atoms with van der Waals surface area (Å²) >= 11 is 0. The van der Waals surface area contributed by atoms with Gasteiger partial charge in [0.15, 0.2) is 5.25 Å². The second-order valence-corrected chi connectivity index (χ2v) is 12.4. The first-order chi connectivity index (χ1) is 16.1. The van der Waals surface area contributed by atoms with Gasteiger partial charge in [0.05, 0.1) is 0 Å². The van der Waals surface area contributed by atoms with E-state index in [-0.39, 0.29) is 6.42 Å². The van der Waals surface area contributed by atoms with Crippen LogP contribution >= 0.6 is 0 Å². The maximum atomic E-state index is 11.9. The van der Waals surface area contributed by atoms with Crippen molar-refractivity contribution in [3.05, 3.63) is 0 Å². The highest BCUT2D eigenvalue weighted by Gasteiger charge is 2.32. The van der Waals surface area contributed by atoms with E-state index in [4.69, 9.17) is 4.55 Å². The third-order valence-corrected chi connectivity index (χ3v) is 7.86. The van der Waals surface area contributed by atoms with Gasteiger partial charge in [-0.2, -0.15) is 16.8 Å². The van der Waals surface area contributed by atoms with E-state index in [9.17, 15) is 26.2 Å². The number of hydrogen-bond acceptors (Lipinski definition) is 6. The molecule has 0 aromatic rings. The molecule has 0 heterocycles. The highest BCUT2D eigenvalue weighted by atomic mass is 32.2. The number of ether oxygens (including phenoxy) is 1. The van der Waals surface area contributed by atoms with Crippen molar-refractivity contribution in [2.24, 2.45) is 0 Å². The summed E-state index contributed by atoms with van der Waals surface area (Å²) in [5.41, 5.74) is 0. The van der Waals surface area contributed by atoms with Crippen molar-refractivity contribution in [2.45, 2.75) is 134 Å². The molecule has 0 aliphatic heterocycles. The quantitative estimate of drug-likeness (QED) is 0.0870. The lowest BCUT2D eigenvalue weighted by molar-refractivity contribution is -0.142. The van der Waals surface area contributed by atoms with Crippen LogP contribution in [-0.4, -0.2) is 49.5 Å². The number of esters is 1. The normalized spacial score (nSPS) is 13.1. The van der Waals surface area contributed by atoms with Gasteiger partial charge in [-0.25, -0.2) is 0 Å². The highest BCUT2D eigenvalue weighted by Crippen LogP contribution is 2.16. The van der Waals surface area contributed by atoms with Crippen molar-refractivity contribution < 1.29 is 35.5 Å². The number of rotatable bonds is 24. The monoisotopic (exact) mass is 528 g/mol. The average molecular weight is 529 g/mol. The zero-order chi connectivity index (χ0) is 25.7. The molecule has 0 rings (SSSR count). The topological polar surface area (TPSA) is 135 Å². The molecule has 0 aliphatic rings. The van der Waals surface area contributed by atoms with Crippen molar-refractivity contribution in [3.8, 4) is 0 Å². The van der Waals surface area contributed by atoms with Gasteiger partial charge in [-0.15, -0.1) is 0 Å². The zero-order valence-corrected chi connectivity index (χ0v) is 22.7. The molecule has 2 N–H and O–H groups in total. The average Bonchev–Trinajstić information content (AvgIpc) is 2.73. The van der Waals surface area contributed by atoms with Crippen LogP contribution in [0.5, 0.6) is 0 Å². The molecule has 1 atom stereocenters. The minimum absolute atomic E-state index is 0.0811. The summed E-state index contributed by atoms with van der Waals surface area (Å²) in [6, 6.07) is 0. The minimum Gasteiger partial charge on any atom is -0.463 e. The SMILES string of the molecule is CCCCCCCCCCCCCCCCCCCCC(C(=O)OCCS(=O)(=O)O)S(=O)(=O)O. The molecule has 8 nitrogen and oxygen atoms in total. The van der Waals surface area contributed by atoms with Crippen LogP contribution < -0.4 is 0 Å². The van der Waals surface area contributed by atoms with Gasteiger partial charge in [0.2, 0.25) is 0 Å². The fraction of sp³-hybridized carbons (Fsp3) is 0.958. The molecule has 1 unspecified atom stereocenters. The van der Waals surface area contributed by atoms with E-state index in [1.165, 1.54) is 83.5 Å². The van der Waals surface area contributed by atoms with Crippen molar-refractivity contribution in [1.29, 1.82) is 0 Å². The first-order valence-electron chi connectivity index (χ1n) is 13.2. The van der Waals surface area contributed by atoms with Gasteiger partial charge >= 0.3 is 5.97 Å². The second-order valence-electron chi connectivity index (χ2n) is 9.26. The van der Waals surface area contributed by atoms with Gasteiger partial charge in [0.25, 0.3) is 20.2 Å². The van der Waals surface area contributed by atoms with Gasteiger partial charge in [-0.1, -0.05) is 122 Å². The van der Waals surface area contributed by atoms with Gasteiger partial charge in [-0.05, 0) is 6.42 Å². The Morgan fingerprint density at radius 3 is 1.32 bits per heavy atom. The molecular weight excluding hydrogens is 480 g/mol. The summed E-state index contributed by atoms with van der Waals surface area (Å²) < 4.78 is 66.6. The van der Waals surface area contributed by atoms with Crippen LogP contribution in [0.4, 0.5) is 0 Å². The van der Waals surface area contributed by atoms with E-state index in [2.05, 4.69) is 11.7 Å². The Bertz CT molecular complexity index is 704. The van der Waals surface area contributed by atoms with Crippen molar-refractivity contribution in [1.82, 2.24) is 0 Å². The second kappa shape index (κ2) is 20.5. The molecular formula is C24H48O8S2. The van der Waals surface area contributed by atoms with Crippen LogP contribution in [0.3, 0.4) is 0 Å². The summed E-state index contributed by atoms with van der Waals surface area (Å²) in [7, 11) is -8.96. The molecule has 0 spiro atoms.